The first-order valence-corrected chi connectivity index (χ1v) is 12.1. The topological polar surface area (TPSA) is 139 Å². The smallest absolute Gasteiger partial charge is 0.328 e. The number of hydrogen-bond donors (Lipinski definition) is 3. The third-order valence-electron chi connectivity index (χ3n) is 5.59. The standard InChI is InChI=1S/C24H30N4O.C4H4O4/c1-3-27(4-2)17-11-16-21-23(19-12-7-5-8-13-19)24(20-14-9-6-10-15-20)28(26-21)18-22(25)29;5-3(6)1-2-4(7)8/h5-10,12-15H,3-4,11,16-18H2,1-2H3,(H2,25,29);1-2H,(H,5,6)(H,7,8)/b;2-1+. The summed E-state index contributed by atoms with van der Waals surface area (Å²) in [5.74, 6) is -2.90. The molecule has 0 aliphatic heterocycles. The number of aliphatic carboxylic acids is 2. The van der Waals surface area contributed by atoms with Crippen LogP contribution in [0.4, 0.5) is 0 Å². The van der Waals surface area contributed by atoms with Gasteiger partial charge in [-0.3, -0.25) is 9.48 Å². The molecular weight excluding hydrogens is 472 g/mol. The van der Waals surface area contributed by atoms with Crippen molar-refractivity contribution < 1.29 is 24.6 Å². The Labute approximate surface area is 216 Å². The molecular formula is C28H34N4O5. The quantitative estimate of drug-likeness (QED) is 0.318. The Kier molecular flexibility index (Phi) is 11.8. The molecule has 0 unspecified atom stereocenters. The molecule has 0 bridgehead atoms. The molecule has 37 heavy (non-hydrogen) atoms. The van der Waals surface area contributed by atoms with E-state index >= 15 is 0 Å². The molecule has 0 fully saturated rings. The average molecular weight is 507 g/mol. The molecule has 196 valence electrons. The van der Waals surface area contributed by atoms with Crippen molar-refractivity contribution in [1.82, 2.24) is 14.7 Å². The maximum atomic E-state index is 11.7. The third-order valence-corrected chi connectivity index (χ3v) is 5.59. The lowest BCUT2D eigenvalue weighted by Gasteiger charge is -2.17. The summed E-state index contributed by atoms with van der Waals surface area (Å²) in [6.45, 7) is 7.58. The lowest BCUT2D eigenvalue weighted by molar-refractivity contribution is -0.134. The van der Waals surface area contributed by atoms with Gasteiger partial charge in [0.15, 0.2) is 0 Å². The van der Waals surface area contributed by atoms with Crippen LogP contribution >= 0.6 is 0 Å². The number of nitrogens with two attached hydrogens (primary N) is 1. The summed E-state index contributed by atoms with van der Waals surface area (Å²) in [4.78, 5) is 33.3. The van der Waals surface area contributed by atoms with Gasteiger partial charge in [0.2, 0.25) is 5.91 Å². The normalized spacial score (nSPS) is 10.8. The molecule has 0 saturated heterocycles. The first-order valence-electron chi connectivity index (χ1n) is 12.1. The molecule has 1 amide bonds. The van der Waals surface area contributed by atoms with Crippen LogP contribution in [0.2, 0.25) is 0 Å². The van der Waals surface area contributed by atoms with Gasteiger partial charge >= 0.3 is 11.9 Å². The van der Waals surface area contributed by atoms with E-state index in [-0.39, 0.29) is 12.5 Å². The van der Waals surface area contributed by atoms with Crippen molar-refractivity contribution in [2.24, 2.45) is 5.73 Å². The van der Waals surface area contributed by atoms with Crippen LogP contribution in [0.3, 0.4) is 0 Å². The van der Waals surface area contributed by atoms with Crippen molar-refractivity contribution in [3.05, 3.63) is 78.5 Å². The molecule has 9 nitrogen and oxygen atoms in total. The van der Waals surface area contributed by atoms with Gasteiger partial charge in [-0.2, -0.15) is 5.10 Å². The van der Waals surface area contributed by atoms with Gasteiger partial charge in [0.05, 0.1) is 11.4 Å². The van der Waals surface area contributed by atoms with E-state index in [9.17, 15) is 14.4 Å². The van der Waals surface area contributed by atoms with Crippen LogP contribution in [0.1, 0.15) is 26.0 Å². The Morgan fingerprint density at radius 1 is 0.892 bits per heavy atom. The van der Waals surface area contributed by atoms with E-state index in [0.29, 0.717) is 12.2 Å². The summed E-state index contributed by atoms with van der Waals surface area (Å²) in [6.07, 6.45) is 2.99. The molecule has 3 rings (SSSR count). The van der Waals surface area contributed by atoms with Crippen LogP contribution in [0, 0.1) is 0 Å². The lowest BCUT2D eigenvalue weighted by Crippen LogP contribution is -2.24. The van der Waals surface area contributed by atoms with Gasteiger partial charge in [-0.05, 0) is 38.0 Å². The van der Waals surface area contributed by atoms with Crippen LogP contribution < -0.4 is 5.73 Å². The molecule has 1 heterocycles. The maximum Gasteiger partial charge on any atom is 0.328 e. The first-order chi connectivity index (χ1) is 17.8. The number of carboxylic acids is 2. The van der Waals surface area contributed by atoms with Crippen molar-refractivity contribution in [3.8, 4) is 22.4 Å². The predicted octanol–water partition coefficient (Wildman–Crippen LogP) is 3.69. The van der Waals surface area contributed by atoms with Gasteiger partial charge in [0, 0.05) is 23.3 Å². The third kappa shape index (κ3) is 9.38. The summed E-state index contributed by atoms with van der Waals surface area (Å²) in [5.41, 5.74) is 10.8. The monoisotopic (exact) mass is 506 g/mol. The maximum absolute atomic E-state index is 11.7. The Hall–Kier alpha value is -4.24. The molecule has 2 aromatic carbocycles. The van der Waals surface area contributed by atoms with E-state index < -0.39 is 11.9 Å². The molecule has 0 atom stereocenters. The average Bonchev–Trinajstić information content (AvgIpc) is 3.24. The second-order valence-electron chi connectivity index (χ2n) is 8.17. The zero-order chi connectivity index (χ0) is 27.2. The van der Waals surface area contributed by atoms with Gasteiger partial charge in [0.25, 0.3) is 0 Å². The SMILES string of the molecule is CCN(CC)CCCc1nn(CC(N)=O)c(-c2ccccc2)c1-c1ccccc1.O=C(O)/C=C/C(=O)O. The van der Waals surface area contributed by atoms with Crippen LogP contribution in [-0.2, 0) is 27.3 Å². The number of carboxylic acid groups (broad SMARTS) is 2. The largest absolute Gasteiger partial charge is 0.478 e. The van der Waals surface area contributed by atoms with Crippen molar-refractivity contribution in [2.75, 3.05) is 19.6 Å². The van der Waals surface area contributed by atoms with Crippen molar-refractivity contribution >= 4 is 17.8 Å². The molecule has 0 spiro atoms. The van der Waals surface area contributed by atoms with Crippen molar-refractivity contribution in [2.45, 2.75) is 33.2 Å². The molecule has 9 heteroatoms. The van der Waals surface area contributed by atoms with Crippen LogP contribution in [0.15, 0.2) is 72.8 Å². The number of nitrogens with zero attached hydrogens (tertiary/aromatic N) is 3. The molecule has 0 radical (unpaired) electrons. The van der Waals surface area contributed by atoms with Crippen molar-refractivity contribution in [3.63, 3.8) is 0 Å². The second kappa shape index (κ2) is 15.0. The fraction of sp³-hybridized carbons (Fsp3) is 0.286. The van der Waals surface area contributed by atoms with E-state index in [1.165, 1.54) is 0 Å². The highest BCUT2D eigenvalue weighted by molar-refractivity contribution is 5.89. The van der Waals surface area contributed by atoms with Gasteiger partial charge in [-0.15, -0.1) is 0 Å². The highest BCUT2D eigenvalue weighted by Gasteiger charge is 2.21. The number of amides is 1. The number of hydrogen-bond acceptors (Lipinski definition) is 5. The van der Waals surface area contributed by atoms with E-state index in [0.717, 1.165) is 60.6 Å². The van der Waals surface area contributed by atoms with E-state index in [1.807, 2.05) is 36.4 Å². The molecule has 0 aliphatic carbocycles. The number of aromatic nitrogens is 2. The number of carbonyl (C=O) groups is 3. The fourth-order valence-corrected chi connectivity index (χ4v) is 3.90. The molecule has 1 aromatic heterocycles. The Morgan fingerprint density at radius 3 is 1.86 bits per heavy atom. The summed E-state index contributed by atoms with van der Waals surface area (Å²) >= 11 is 0. The molecule has 4 N–H and O–H groups in total. The van der Waals surface area contributed by atoms with E-state index in [2.05, 4.69) is 43.0 Å². The minimum Gasteiger partial charge on any atom is -0.478 e. The zero-order valence-corrected chi connectivity index (χ0v) is 21.2. The number of rotatable bonds is 12. The van der Waals surface area contributed by atoms with Gasteiger partial charge < -0.3 is 20.8 Å². The van der Waals surface area contributed by atoms with Crippen LogP contribution in [0.25, 0.3) is 22.4 Å². The number of primary amides is 1. The van der Waals surface area contributed by atoms with Crippen molar-refractivity contribution in [1.29, 1.82) is 0 Å². The highest BCUT2D eigenvalue weighted by Crippen LogP contribution is 2.35. The lowest BCUT2D eigenvalue weighted by atomic mass is 9.97. The summed E-state index contributed by atoms with van der Waals surface area (Å²) < 4.78 is 1.77. The highest BCUT2D eigenvalue weighted by atomic mass is 16.4. The van der Waals surface area contributed by atoms with E-state index in [4.69, 9.17) is 21.0 Å². The van der Waals surface area contributed by atoms with Gasteiger partial charge in [0.1, 0.15) is 6.54 Å². The van der Waals surface area contributed by atoms with Gasteiger partial charge in [-0.1, -0.05) is 74.5 Å². The summed E-state index contributed by atoms with van der Waals surface area (Å²) in [5, 5.41) is 20.5. The number of carbonyl (C=O) groups excluding carboxylic acids is 1. The first kappa shape index (κ1) is 29.0. The second-order valence-corrected chi connectivity index (χ2v) is 8.17. The van der Waals surface area contributed by atoms with Gasteiger partial charge in [-0.25, -0.2) is 9.59 Å². The Bertz CT molecular complexity index is 1170. The fourth-order valence-electron chi connectivity index (χ4n) is 3.90. The molecule has 3 aromatic rings. The van der Waals surface area contributed by atoms with Crippen LogP contribution in [0.5, 0.6) is 0 Å². The zero-order valence-electron chi connectivity index (χ0n) is 21.2. The molecule has 0 saturated carbocycles. The Morgan fingerprint density at radius 2 is 1.41 bits per heavy atom. The number of benzene rings is 2. The number of aryl methyl sites for hydroxylation is 1. The predicted molar refractivity (Wildman–Crippen MR) is 143 cm³/mol. The Balaban J connectivity index is 0.000000521. The van der Waals surface area contributed by atoms with Crippen LogP contribution in [-0.4, -0.2) is 62.4 Å². The minimum absolute atomic E-state index is 0.0695. The van der Waals surface area contributed by atoms with E-state index in [1.54, 1.807) is 4.68 Å². The molecule has 0 aliphatic rings. The summed E-state index contributed by atoms with van der Waals surface area (Å²) in [7, 11) is 0. The minimum atomic E-state index is -1.26. The summed E-state index contributed by atoms with van der Waals surface area (Å²) in [6, 6.07) is 20.4.